The standard InChI is InChI=1S/C12H16N4O3S/c1-3-16-11(14-15-12(16)20(13,17)18)9-7-5-6-8-10(9)19-4-2/h5-8H,3-4H2,1-2H3,(H2,13,17,18). The van der Waals surface area contributed by atoms with Gasteiger partial charge in [-0.1, -0.05) is 12.1 Å². The summed E-state index contributed by atoms with van der Waals surface area (Å²) >= 11 is 0. The number of hydrogen-bond acceptors (Lipinski definition) is 5. The lowest BCUT2D eigenvalue weighted by atomic mass is 10.2. The minimum Gasteiger partial charge on any atom is -0.493 e. The Bertz CT molecular complexity index is 709. The maximum atomic E-state index is 11.5. The van der Waals surface area contributed by atoms with Crippen LogP contribution in [0.3, 0.4) is 0 Å². The quantitative estimate of drug-likeness (QED) is 0.887. The number of benzene rings is 1. The van der Waals surface area contributed by atoms with E-state index in [2.05, 4.69) is 10.2 Å². The molecule has 8 heteroatoms. The lowest BCUT2D eigenvalue weighted by Gasteiger charge is -2.10. The predicted octanol–water partition coefficient (Wildman–Crippen LogP) is 1.01. The number of primary sulfonamides is 1. The lowest BCUT2D eigenvalue weighted by Crippen LogP contribution is -2.18. The van der Waals surface area contributed by atoms with Gasteiger partial charge < -0.3 is 4.74 Å². The number of sulfonamides is 1. The molecule has 0 radical (unpaired) electrons. The lowest BCUT2D eigenvalue weighted by molar-refractivity contribution is 0.341. The van der Waals surface area contributed by atoms with E-state index in [-0.39, 0.29) is 5.16 Å². The van der Waals surface area contributed by atoms with Crippen LogP contribution in [0.25, 0.3) is 11.4 Å². The van der Waals surface area contributed by atoms with Crippen molar-refractivity contribution < 1.29 is 13.2 Å². The average molecular weight is 296 g/mol. The Morgan fingerprint density at radius 3 is 2.55 bits per heavy atom. The van der Waals surface area contributed by atoms with Crippen LogP contribution in [0.1, 0.15) is 13.8 Å². The fraction of sp³-hybridized carbons (Fsp3) is 0.333. The number of hydrogen-bond donors (Lipinski definition) is 1. The molecule has 0 atom stereocenters. The molecule has 1 aromatic heterocycles. The zero-order chi connectivity index (χ0) is 14.8. The molecule has 2 N–H and O–H groups in total. The first-order valence-corrected chi connectivity index (χ1v) is 7.71. The van der Waals surface area contributed by atoms with Gasteiger partial charge in [-0.2, -0.15) is 0 Å². The third kappa shape index (κ3) is 2.66. The first-order valence-electron chi connectivity index (χ1n) is 6.17. The average Bonchev–Trinajstić information content (AvgIpc) is 2.83. The Morgan fingerprint density at radius 1 is 1.25 bits per heavy atom. The van der Waals surface area contributed by atoms with Gasteiger partial charge in [0.1, 0.15) is 5.75 Å². The highest BCUT2D eigenvalue weighted by Gasteiger charge is 2.22. The van der Waals surface area contributed by atoms with Crippen LogP contribution in [0.2, 0.25) is 0 Å². The summed E-state index contributed by atoms with van der Waals surface area (Å²) in [6.45, 7) is 4.55. The normalized spacial score (nSPS) is 11.6. The summed E-state index contributed by atoms with van der Waals surface area (Å²) in [5, 5.41) is 12.5. The van der Waals surface area contributed by atoms with Crippen LogP contribution in [0.5, 0.6) is 5.75 Å². The van der Waals surface area contributed by atoms with E-state index in [1.807, 2.05) is 19.1 Å². The molecule has 0 aliphatic heterocycles. The minimum absolute atomic E-state index is 0.249. The Balaban J connectivity index is 2.63. The minimum atomic E-state index is -3.91. The monoisotopic (exact) mass is 296 g/mol. The molecule has 0 unspecified atom stereocenters. The third-order valence-corrected chi connectivity index (χ3v) is 3.53. The zero-order valence-electron chi connectivity index (χ0n) is 11.3. The SMILES string of the molecule is CCOc1ccccc1-c1nnc(S(N)(=O)=O)n1CC. The van der Waals surface area contributed by atoms with Crippen LogP contribution < -0.4 is 9.88 Å². The van der Waals surface area contributed by atoms with Gasteiger partial charge >= 0.3 is 0 Å². The van der Waals surface area contributed by atoms with Crippen LogP contribution in [-0.4, -0.2) is 29.8 Å². The van der Waals surface area contributed by atoms with Crippen LogP contribution in [0.4, 0.5) is 0 Å². The van der Waals surface area contributed by atoms with E-state index in [4.69, 9.17) is 9.88 Å². The topological polar surface area (TPSA) is 100 Å². The van der Waals surface area contributed by atoms with E-state index < -0.39 is 10.0 Å². The summed E-state index contributed by atoms with van der Waals surface area (Å²) in [5.74, 6) is 1.04. The summed E-state index contributed by atoms with van der Waals surface area (Å²) in [7, 11) is -3.91. The van der Waals surface area contributed by atoms with E-state index in [0.29, 0.717) is 30.3 Å². The summed E-state index contributed by atoms with van der Waals surface area (Å²) in [4.78, 5) is 0. The molecule has 1 aromatic carbocycles. The predicted molar refractivity (Wildman–Crippen MR) is 73.7 cm³/mol. The highest BCUT2D eigenvalue weighted by atomic mass is 32.2. The molecule has 0 bridgehead atoms. The van der Waals surface area contributed by atoms with Gasteiger partial charge in [0.2, 0.25) is 0 Å². The number of aromatic nitrogens is 3. The van der Waals surface area contributed by atoms with Crippen molar-refractivity contribution in [2.75, 3.05) is 6.61 Å². The van der Waals surface area contributed by atoms with Crippen LogP contribution in [0.15, 0.2) is 29.4 Å². The van der Waals surface area contributed by atoms with Gasteiger partial charge in [0.05, 0.1) is 12.2 Å². The molecule has 108 valence electrons. The Kier molecular flexibility index (Phi) is 4.05. The summed E-state index contributed by atoms with van der Waals surface area (Å²) in [6.07, 6.45) is 0. The molecule has 0 amide bonds. The third-order valence-electron chi connectivity index (χ3n) is 2.72. The number of para-hydroxylation sites is 1. The fourth-order valence-corrected chi connectivity index (χ4v) is 2.59. The van der Waals surface area contributed by atoms with Gasteiger partial charge in [-0.15, -0.1) is 10.2 Å². The number of rotatable bonds is 5. The molecule has 0 aliphatic rings. The summed E-state index contributed by atoms with van der Waals surface area (Å²) in [5.41, 5.74) is 0.679. The number of nitrogens with two attached hydrogens (primary N) is 1. The van der Waals surface area contributed by atoms with Crippen molar-refractivity contribution in [3.63, 3.8) is 0 Å². The van der Waals surface area contributed by atoms with Crippen LogP contribution in [0, 0.1) is 0 Å². The maximum Gasteiger partial charge on any atom is 0.273 e. The molecule has 0 saturated heterocycles. The number of ether oxygens (including phenoxy) is 1. The fourth-order valence-electron chi connectivity index (χ4n) is 1.92. The Morgan fingerprint density at radius 2 is 1.95 bits per heavy atom. The van der Waals surface area contributed by atoms with E-state index in [9.17, 15) is 8.42 Å². The van der Waals surface area contributed by atoms with E-state index in [1.54, 1.807) is 19.1 Å². The van der Waals surface area contributed by atoms with E-state index >= 15 is 0 Å². The Hall–Kier alpha value is -1.93. The molecule has 7 nitrogen and oxygen atoms in total. The molecule has 2 aromatic rings. The van der Waals surface area contributed by atoms with Crippen LogP contribution >= 0.6 is 0 Å². The van der Waals surface area contributed by atoms with Gasteiger partial charge in [-0.05, 0) is 26.0 Å². The first-order chi connectivity index (χ1) is 9.49. The van der Waals surface area contributed by atoms with Crippen molar-refractivity contribution in [1.82, 2.24) is 14.8 Å². The second kappa shape index (κ2) is 5.59. The van der Waals surface area contributed by atoms with Crippen molar-refractivity contribution in [3.05, 3.63) is 24.3 Å². The summed E-state index contributed by atoms with van der Waals surface area (Å²) in [6, 6.07) is 7.25. The van der Waals surface area contributed by atoms with Crippen molar-refractivity contribution in [1.29, 1.82) is 0 Å². The Labute approximate surface area is 117 Å². The highest BCUT2D eigenvalue weighted by molar-refractivity contribution is 7.89. The van der Waals surface area contributed by atoms with Crippen LogP contribution in [-0.2, 0) is 16.6 Å². The van der Waals surface area contributed by atoms with E-state index in [0.717, 1.165) is 0 Å². The van der Waals surface area contributed by atoms with Gasteiger partial charge in [0.15, 0.2) is 5.82 Å². The molecule has 0 fully saturated rings. The number of nitrogens with zero attached hydrogens (tertiary/aromatic N) is 3. The van der Waals surface area contributed by atoms with E-state index in [1.165, 1.54) is 4.57 Å². The van der Waals surface area contributed by atoms with Crippen molar-refractivity contribution in [2.45, 2.75) is 25.5 Å². The largest absolute Gasteiger partial charge is 0.493 e. The zero-order valence-corrected chi connectivity index (χ0v) is 12.1. The molecular formula is C12H16N4O3S. The second-order valence-corrected chi connectivity index (χ2v) is 5.48. The molecule has 2 rings (SSSR count). The maximum absolute atomic E-state index is 11.5. The van der Waals surface area contributed by atoms with Crippen molar-refractivity contribution in [3.8, 4) is 17.1 Å². The molecule has 20 heavy (non-hydrogen) atoms. The van der Waals surface area contributed by atoms with Gasteiger partial charge in [0, 0.05) is 6.54 Å². The van der Waals surface area contributed by atoms with Crippen molar-refractivity contribution in [2.24, 2.45) is 5.14 Å². The van der Waals surface area contributed by atoms with Gasteiger partial charge in [-0.3, -0.25) is 4.57 Å². The molecule has 0 spiro atoms. The van der Waals surface area contributed by atoms with Gasteiger partial charge in [0.25, 0.3) is 15.2 Å². The highest BCUT2D eigenvalue weighted by Crippen LogP contribution is 2.29. The second-order valence-electron chi connectivity index (χ2n) is 4.02. The first kappa shape index (κ1) is 14.5. The smallest absolute Gasteiger partial charge is 0.273 e. The van der Waals surface area contributed by atoms with Gasteiger partial charge in [-0.25, -0.2) is 13.6 Å². The summed E-state index contributed by atoms with van der Waals surface area (Å²) < 4.78 is 30.0. The van der Waals surface area contributed by atoms with Crippen molar-refractivity contribution >= 4 is 10.0 Å². The molecule has 1 heterocycles. The molecule has 0 aliphatic carbocycles. The molecular weight excluding hydrogens is 280 g/mol. The molecule has 0 saturated carbocycles.